The third-order valence-corrected chi connectivity index (χ3v) is 7.09. The van der Waals surface area contributed by atoms with Crippen LogP contribution in [0.5, 0.6) is 11.5 Å². The molecule has 1 saturated heterocycles. The Balaban J connectivity index is 1.31. The van der Waals surface area contributed by atoms with Crippen LogP contribution in [0, 0.1) is 12.8 Å². The van der Waals surface area contributed by atoms with Crippen molar-refractivity contribution in [2.75, 3.05) is 38.3 Å². The summed E-state index contributed by atoms with van der Waals surface area (Å²) in [5.41, 5.74) is 3.79. The van der Waals surface area contributed by atoms with Gasteiger partial charge in [-0.3, -0.25) is 9.78 Å². The fraction of sp³-hybridized carbons (Fsp3) is 0.357. The lowest BCUT2D eigenvalue weighted by atomic mass is 9.96. The topological polar surface area (TPSA) is 63.7 Å². The lowest BCUT2D eigenvalue weighted by Crippen LogP contribution is -2.38. The van der Waals surface area contributed by atoms with E-state index in [0.717, 1.165) is 37.2 Å². The molecule has 4 rings (SSSR count). The predicted molar refractivity (Wildman–Crippen MR) is 145 cm³/mol. The summed E-state index contributed by atoms with van der Waals surface area (Å²) in [5.74, 6) is 1.10. The molecule has 0 atom stereocenters. The van der Waals surface area contributed by atoms with Gasteiger partial charge in [-0.05, 0) is 67.6 Å². The van der Waals surface area contributed by atoms with Crippen LogP contribution in [0.25, 0.3) is 0 Å². The first-order chi connectivity index (χ1) is 17.4. The predicted octanol–water partition coefficient (Wildman–Crippen LogP) is 5.97. The summed E-state index contributed by atoms with van der Waals surface area (Å²) in [6.45, 7) is 4.97. The minimum atomic E-state index is -0.167. The summed E-state index contributed by atoms with van der Waals surface area (Å²) in [6, 6.07) is 15.1. The van der Waals surface area contributed by atoms with Gasteiger partial charge in [-0.1, -0.05) is 35.3 Å². The molecule has 8 heteroatoms. The van der Waals surface area contributed by atoms with Crippen LogP contribution in [0.15, 0.2) is 54.7 Å². The molecule has 190 valence electrons. The van der Waals surface area contributed by atoms with Crippen molar-refractivity contribution in [1.29, 1.82) is 0 Å². The average Bonchev–Trinajstić information content (AvgIpc) is 2.89. The quantitative estimate of drug-likeness (QED) is 0.371. The van der Waals surface area contributed by atoms with Crippen molar-refractivity contribution in [3.05, 3.63) is 81.6 Å². The second-order valence-electron chi connectivity index (χ2n) is 9.01. The number of hydrogen-bond donors (Lipinski definition) is 1. The maximum Gasteiger partial charge on any atom is 0.251 e. The van der Waals surface area contributed by atoms with E-state index >= 15 is 0 Å². The van der Waals surface area contributed by atoms with E-state index < -0.39 is 0 Å². The molecular weight excluding hydrogens is 497 g/mol. The number of methoxy groups -OCH3 is 1. The van der Waals surface area contributed by atoms with E-state index in [1.54, 1.807) is 12.1 Å². The molecule has 0 radical (unpaired) electrons. The van der Waals surface area contributed by atoms with Crippen LogP contribution in [0.2, 0.25) is 10.0 Å². The fourth-order valence-electron chi connectivity index (χ4n) is 4.35. The maximum absolute atomic E-state index is 13.0. The molecule has 0 bridgehead atoms. The number of carbonyl (C=O) groups excluding carboxylic acids is 1. The van der Waals surface area contributed by atoms with Crippen molar-refractivity contribution in [3.63, 3.8) is 0 Å². The molecule has 2 heterocycles. The van der Waals surface area contributed by atoms with Crippen molar-refractivity contribution in [1.82, 2.24) is 10.3 Å². The van der Waals surface area contributed by atoms with Crippen LogP contribution < -0.4 is 19.7 Å². The van der Waals surface area contributed by atoms with Crippen molar-refractivity contribution in [2.24, 2.45) is 5.92 Å². The molecule has 1 fully saturated rings. The summed E-state index contributed by atoms with van der Waals surface area (Å²) in [4.78, 5) is 19.6. The molecule has 0 spiro atoms. The molecule has 6 nitrogen and oxygen atoms in total. The standard InChI is InChI=1S/C28H31Cl2N3O3/c1-19-15-24(7-11-31-19)33-12-8-21(9-13-33)18-32-28(34)22-16-25(35-2)27(30)26(17-22)36-14-10-20-3-5-23(29)6-4-20/h3-7,11,15-17,21H,8-10,12-14,18H2,1-2H3,(H,32,34). The highest BCUT2D eigenvalue weighted by Crippen LogP contribution is 2.35. The van der Waals surface area contributed by atoms with Gasteiger partial charge in [0.2, 0.25) is 0 Å². The van der Waals surface area contributed by atoms with Gasteiger partial charge < -0.3 is 19.7 Å². The number of hydrogen-bond acceptors (Lipinski definition) is 5. The Hall–Kier alpha value is -2.96. The van der Waals surface area contributed by atoms with Crippen LogP contribution in [0.1, 0.15) is 34.5 Å². The summed E-state index contributed by atoms with van der Waals surface area (Å²) >= 11 is 12.4. The van der Waals surface area contributed by atoms with E-state index in [1.807, 2.05) is 37.4 Å². The lowest BCUT2D eigenvalue weighted by molar-refractivity contribution is 0.0944. The normalized spacial score (nSPS) is 13.9. The molecule has 1 aliphatic heterocycles. The molecule has 0 saturated carbocycles. The van der Waals surface area contributed by atoms with E-state index in [-0.39, 0.29) is 5.91 Å². The number of pyridine rings is 1. The molecule has 0 unspecified atom stereocenters. The molecule has 1 aliphatic rings. The van der Waals surface area contributed by atoms with Crippen molar-refractivity contribution in [2.45, 2.75) is 26.2 Å². The third-order valence-electron chi connectivity index (χ3n) is 6.46. The first-order valence-corrected chi connectivity index (χ1v) is 12.9. The number of ether oxygens (including phenoxy) is 2. The molecule has 1 aromatic heterocycles. The second kappa shape index (κ2) is 12.3. The number of halogens is 2. The van der Waals surface area contributed by atoms with Crippen molar-refractivity contribution < 1.29 is 14.3 Å². The first kappa shape index (κ1) is 26.1. The smallest absolute Gasteiger partial charge is 0.251 e. The van der Waals surface area contributed by atoms with Gasteiger partial charge in [-0.15, -0.1) is 0 Å². The van der Waals surface area contributed by atoms with E-state index in [2.05, 4.69) is 27.3 Å². The number of benzene rings is 2. The number of piperidine rings is 1. The van der Waals surface area contributed by atoms with Crippen LogP contribution >= 0.6 is 23.2 Å². The monoisotopic (exact) mass is 527 g/mol. The van der Waals surface area contributed by atoms with Crippen LogP contribution in [-0.2, 0) is 6.42 Å². The minimum absolute atomic E-state index is 0.167. The number of nitrogens with zero attached hydrogens (tertiary/aromatic N) is 2. The number of carbonyl (C=O) groups is 1. The molecule has 1 N–H and O–H groups in total. The van der Waals surface area contributed by atoms with Gasteiger partial charge in [-0.2, -0.15) is 0 Å². The third kappa shape index (κ3) is 6.83. The SMILES string of the molecule is COc1cc(C(=O)NCC2CCN(c3ccnc(C)c3)CC2)cc(OCCc2ccc(Cl)cc2)c1Cl. The Morgan fingerprint density at radius 2 is 1.81 bits per heavy atom. The number of rotatable bonds is 9. The Kier molecular flexibility index (Phi) is 8.94. The lowest BCUT2D eigenvalue weighted by Gasteiger charge is -2.33. The summed E-state index contributed by atoms with van der Waals surface area (Å²) < 4.78 is 11.3. The zero-order chi connectivity index (χ0) is 25.5. The van der Waals surface area contributed by atoms with Gasteiger partial charge in [0, 0.05) is 54.2 Å². The Morgan fingerprint density at radius 3 is 2.50 bits per heavy atom. The Morgan fingerprint density at radius 1 is 1.08 bits per heavy atom. The highest BCUT2D eigenvalue weighted by molar-refractivity contribution is 6.33. The molecule has 2 aromatic carbocycles. The van der Waals surface area contributed by atoms with Gasteiger partial charge in [0.05, 0.1) is 13.7 Å². The second-order valence-corrected chi connectivity index (χ2v) is 9.83. The Labute approximate surface area is 222 Å². The highest BCUT2D eigenvalue weighted by Gasteiger charge is 2.21. The largest absolute Gasteiger partial charge is 0.495 e. The van der Waals surface area contributed by atoms with Crippen LogP contribution in [0.4, 0.5) is 5.69 Å². The van der Waals surface area contributed by atoms with Gasteiger partial charge in [0.15, 0.2) is 0 Å². The average molecular weight is 528 g/mol. The number of anilines is 1. The van der Waals surface area contributed by atoms with Crippen molar-refractivity contribution in [3.8, 4) is 11.5 Å². The highest BCUT2D eigenvalue weighted by atomic mass is 35.5. The van der Waals surface area contributed by atoms with Crippen LogP contribution in [-0.4, -0.2) is 44.2 Å². The number of aryl methyl sites for hydroxylation is 1. The fourth-order valence-corrected chi connectivity index (χ4v) is 4.72. The van der Waals surface area contributed by atoms with Gasteiger partial charge in [-0.25, -0.2) is 0 Å². The molecule has 0 aliphatic carbocycles. The molecule has 1 amide bonds. The summed E-state index contributed by atoms with van der Waals surface area (Å²) in [5, 5.41) is 4.13. The molecule has 36 heavy (non-hydrogen) atoms. The van der Waals surface area contributed by atoms with E-state index in [1.165, 1.54) is 12.8 Å². The number of aromatic nitrogens is 1. The van der Waals surface area contributed by atoms with Gasteiger partial charge >= 0.3 is 0 Å². The maximum atomic E-state index is 13.0. The summed E-state index contributed by atoms with van der Waals surface area (Å²) in [7, 11) is 1.53. The zero-order valence-corrected chi connectivity index (χ0v) is 22.1. The molecule has 3 aromatic rings. The van der Waals surface area contributed by atoms with Crippen molar-refractivity contribution >= 4 is 34.8 Å². The van der Waals surface area contributed by atoms with E-state index in [9.17, 15) is 4.79 Å². The number of nitrogens with one attached hydrogen (secondary N) is 1. The molecular formula is C28H31Cl2N3O3. The Bertz CT molecular complexity index is 1180. The summed E-state index contributed by atoms with van der Waals surface area (Å²) in [6.07, 6.45) is 4.58. The zero-order valence-electron chi connectivity index (χ0n) is 20.6. The van der Waals surface area contributed by atoms with E-state index in [4.69, 9.17) is 32.7 Å². The van der Waals surface area contributed by atoms with E-state index in [0.29, 0.717) is 52.6 Å². The van der Waals surface area contributed by atoms with Gasteiger partial charge in [0.1, 0.15) is 16.5 Å². The van der Waals surface area contributed by atoms with Crippen LogP contribution in [0.3, 0.4) is 0 Å². The first-order valence-electron chi connectivity index (χ1n) is 12.1. The minimum Gasteiger partial charge on any atom is -0.495 e. The van der Waals surface area contributed by atoms with Gasteiger partial charge in [0.25, 0.3) is 5.91 Å². The number of amides is 1.